The van der Waals surface area contributed by atoms with Gasteiger partial charge in [-0.05, 0) is 37.5 Å². The van der Waals surface area contributed by atoms with Crippen LogP contribution in [0.4, 0.5) is 0 Å². The van der Waals surface area contributed by atoms with E-state index in [-0.39, 0.29) is 22.4 Å². The molecule has 23 heavy (non-hydrogen) atoms. The molecule has 0 aliphatic rings. The number of ether oxygens (including phenoxy) is 1. The highest BCUT2D eigenvalue weighted by atomic mass is 32.2. The minimum Gasteiger partial charge on any atom is -0.452 e. The van der Waals surface area contributed by atoms with Crippen LogP contribution < -0.4 is 10.5 Å². The van der Waals surface area contributed by atoms with E-state index in [0.29, 0.717) is 5.56 Å². The van der Waals surface area contributed by atoms with E-state index in [4.69, 9.17) is 9.88 Å². The molecule has 1 atom stereocenters. The lowest BCUT2D eigenvalue weighted by Gasteiger charge is -2.17. The van der Waals surface area contributed by atoms with Crippen molar-refractivity contribution in [3.63, 3.8) is 0 Å². The summed E-state index contributed by atoms with van der Waals surface area (Å²) in [7, 11) is -3.92. The first-order valence-corrected chi connectivity index (χ1v) is 8.67. The number of nitrogens with one attached hydrogen (secondary N) is 1. The lowest BCUT2D eigenvalue weighted by molar-refractivity contribution is -0.125. The van der Waals surface area contributed by atoms with Crippen LogP contribution in [0.15, 0.2) is 23.1 Å². The summed E-state index contributed by atoms with van der Waals surface area (Å²) in [4.78, 5) is 23.5. The third-order valence-electron chi connectivity index (χ3n) is 3.48. The molecule has 0 bridgehead atoms. The van der Waals surface area contributed by atoms with E-state index in [0.717, 1.165) is 6.07 Å². The highest BCUT2D eigenvalue weighted by Crippen LogP contribution is 2.15. The van der Waals surface area contributed by atoms with Crippen molar-refractivity contribution in [1.82, 2.24) is 5.32 Å². The highest BCUT2D eigenvalue weighted by molar-refractivity contribution is 7.89. The Labute approximate surface area is 136 Å². The van der Waals surface area contributed by atoms with Gasteiger partial charge in [-0.3, -0.25) is 4.79 Å². The molecule has 7 nitrogen and oxygen atoms in total. The third kappa shape index (κ3) is 5.65. The first-order chi connectivity index (χ1) is 10.5. The van der Waals surface area contributed by atoms with Crippen LogP contribution >= 0.6 is 0 Å². The zero-order chi connectivity index (χ0) is 17.8. The van der Waals surface area contributed by atoms with Crippen molar-refractivity contribution < 1.29 is 22.7 Å². The van der Waals surface area contributed by atoms with Crippen molar-refractivity contribution in [3.8, 4) is 0 Å². The second-order valence-corrected chi connectivity index (χ2v) is 7.26. The third-order valence-corrected chi connectivity index (χ3v) is 4.39. The predicted octanol–water partition coefficient (Wildman–Crippen LogP) is 0.960. The number of primary sulfonamides is 1. The molecule has 0 fully saturated rings. The summed E-state index contributed by atoms with van der Waals surface area (Å²) in [5.41, 5.74) is 0.583. The molecule has 0 aliphatic carbocycles. The molecule has 0 saturated heterocycles. The smallest absolute Gasteiger partial charge is 0.338 e. The van der Waals surface area contributed by atoms with Crippen molar-refractivity contribution in [2.75, 3.05) is 6.61 Å². The number of carbonyl (C=O) groups excluding carboxylic acids is 2. The number of aryl methyl sites for hydroxylation is 1. The minimum absolute atomic E-state index is 0.0475. The maximum Gasteiger partial charge on any atom is 0.338 e. The molecule has 8 heteroatoms. The van der Waals surface area contributed by atoms with E-state index in [1.165, 1.54) is 12.1 Å². The van der Waals surface area contributed by atoms with E-state index in [2.05, 4.69) is 5.32 Å². The van der Waals surface area contributed by atoms with E-state index in [1.807, 2.05) is 20.8 Å². The van der Waals surface area contributed by atoms with Gasteiger partial charge in [-0.2, -0.15) is 0 Å². The Balaban J connectivity index is 2.77. The summed E-state index contributed by atoms with van der Waals surface area (Å²) < 4.78 is 27.6. The van der Waals surface area contributed by atoms with Crippen LogP contribution in [0.1, 0.15) is 36.7 Å². The number of sulfonamides is 1. The van der Waals surface area contributed by atoms with Gasteiger partial charge >= 0.3 is 5.97 Å². The van der Waals surface area contributed by atoms with Crippen molar-refractivity contribution in [2.45, 2.75) is 38.6 Å². The predicted molar refractivity (Wildman–Crippen MR) is 85.3 cm³/mol. The van der Waals surface area contributed by atoms with E-state index in [9.17, 15) is 18.0 Å². The average Bonchev–Trinajstić information content (AvgIpc) is 2.43. The topological polar surface area (TPSA) is 116 Å². The van der Waals surface area contributed by atoms with Crippen LogP contribution in [0.5, 0.6) is 0 Å². The molecule has 0 aliphatic heterocycles. The summed E-state index contributed by atoms with van der Waals surface area (Å²) in [5, 5.41) is 7.74. The number of rotatable bonds is 6. The largest absolute Gasteiger partial charge is 0.452 e. The Morgan fingerprint density at radius 2 is 1.87 bits per heavy atom. The maximum atomic E-state index is 12.0. The fraction of sp³-hybridized carbons (Fsp3) is 0.467. The normalized spacial score (nSPS) is 12.8. The minimum atomic E-state index is -3.92. The zero-order valence-electron chi connectivity index (χ0n) is 13.6. The standard InChI is InChI=1S/C15H22N2O5S/c1-9(2)11(4)17-14(18)8-22-15(19)13-7-12(23(16,20)21)6-5-10(13)3/h5-7,9,11H,8H2,1-4H3,(H,17,18)(H2,16,20,21). The number of amides is 1. The Hall–Kier alpha value is -1.93. The van der Waals surface area contributed by atoms with Gasteiger partial charge in [0, 0.05) is 6.04 Å². The van der Waals surface area contributed by atoms with Gasteiger partial charge in [0.15, 0.2) is 6.61 Å². The molecular formula is C15H22N2O5S. The van der Waals surface area contributed by atoms with Crippen molar-refractivity contribution in [3.05, 3.63) is 29.3 Å². The molecule has 1 rings (SSSR count). The number of hydrogen-bond acceptors (Lipinski definition) is 5. The van der Waals surface area contributed by atoms with Crippen LogP contribution in [0, 0.1) is 12.8 Å². The Morgan fingerprint density at radius 3 is 2.39 bits per heavy atom. The zero-order valence-corrected chi connectivity index (χ0v) is 14.4. The maximum absolute atomic E-state index is 12.0. The molecule has 1 aromatic carbocycles. The molecule has 1 amide bonds. The quantitative estimate of drug-likeness (QED) is 0.747. The van der Waals surface area contributed by atoms with Gasteiger partial charge in [0.2, 0.25) is 10.0 Å². The summed E-state index contributed by atoms with van der Waals surface area (Å²) in [6, 6.07) is 3.85. The first kappa shape index (κ1) is 19.1. The van der Waals surface area contributed by atoms with Gasteiger partial charge in [0.05, 0.1) is 10.5 Å². The Morgan fingerprint density at radius 1 is 1.26 bits per heavy atom. The molecule has 1 aromatic rings. The van der Waals surface area contributed by atoms with Crippen LogP contribution in [0.3, 0.4) is 0 Å². The fourth-order valence-electron chi connectivity index (χ4n) is 1.67. The van der Waals surface area contributed by atoms with Gasteiger partial charge in [0.25, 0.3) is 5.91 Å². The van der Waals surface area contributed by atoms with Gasteiger partial charge in [-0.15, -0.1) is 0 Å². The molecule has 0 heterocycles. The van der Waals surface area contributed by atoms with Crippen molar-refractivity contribution in [1.29, 1.82) is 0 Å². The van der Waals surface area contributed by atoms with Crippen LogP contribution in [-0.4, -0.2) is 32.9 Å². The van der Waals surface area contributed by atoms with Crippen LogP contribution in [0.2, 0.25) is 0 Å². The van der Waals surface area contributed by atoms with Gasteiger partial charge in [0.1, 0.15) is 0 Å². The second kappa shape index (κ2) is 7.56. The molecule has 0 aromatic heterocycles. The van der Waals surface area contributed by atoms with E-state index < -0.39 is 28.5 Å². The first-order valence-electron chi connectivity index (χ1n) is 7.12. The molecule has 3 N–H and O–H groups in total. The second-order valence-electron chi connectivity index (χ2n) is 5.70. The number of benzene rings is 1. The molecule has 0 spiro atoms. The average molecular weight is 342 g/mol. The van der Waals surface area contributed by atoms with Gasteiger partial charge in [-0.1, -0.05) is 19.9 Å². The Bertz CT molecular complexity index is 698. The number of carbonyl (C=O) groups is 2. The van der Waals surface area contributed by atoms with E-state index >= 15 is 0 Å². The summed E-state index contributed by atoms with van der Waals surface area (Å²) in [6.07, 6.45) is 0. The summed E-state index contributed by atoms with van der Waals surface area (Å²) >= 11 is 0. The van der Waals surface area contributed by atoms with Crippen LogP contribution in [0.25, 0.3) is 0 Å². The van der Waals surface area contributed by atoms with Crippen molar-refractivity contribution in [2.24, 2.45) is 11.1 Å². The molecule has 0 saturated carbocycles. The lowest BCUT2D eigenvalue weighted by Crippen LogP contribution is -2.38. The monoisotopic (exact) mass is 342 g/mol. The highest BCUT2D eigenvalue weighted by Gasteiger charge is 2.18. The fourth-order valence-corrected chi connectivity index (χ4v) is 2.21. The lowest BCUT2D eigenvalue weighted by atomic mass is 10.1. The Kier molecular flexibility index (Phi) is 6.28. The molecule has 0 radical (unpaired) electrons. The van der Waals surface area contributed by atoms with Crippen molar-refractivity contribution >= 4 is 21.9 Å². The summed E-state index contributed by atoms with van der Waals surface area (Å²) in [5.74, 6) is -0.941. The van der Waals surface area contributed by atoms with Crippen LogP contribution in [-0.2, 0) is 19.6 Å². The van der Waals surface area contributed by atoms with E-state index in [1.54, 1.807) is 6.92 Å². The number of nitrogens with two attached hydrogens (primary N) is 1. The molecular weight excluding hydrogens is 320 g/mol. The SMILES string of the molecule is Cc1ccc(S(N)(=O)=O)cc1C(=O)OCC(=O)NC(C)C(C)C. The number of esters is 1. The van der Waals surface area contributed by atoms with Gasteiger partial charge < -0.3 is 10.1 Å². The molecule has 128 valence electrons. The summed E-state index contributed by atoms with van der Waals surface area (Å²) in [6.45, 7) is 6.96. The molecule has 1 unspecified atom stereocenters. The van der Waals surface area contributed by atoms with Gasteiger partial charge in [-0.25, -0.2) is 18.4 Å². The number of hydrogen-bond donors (Lipinski definition) is 2.